The number of amides is 1. The molecule has 0 aliphatic rings. The van der Waals surface area contributed by atoms with Crippen LogP contribution in [-0.2, 0) is 0 Å². The van der Waals surface area contributed by atoms with E-state index < -0.39 is 4.92 Å². The minimum atomic E-state index is -0.518. The van der Waals surface area contributed by atoms with Crippen molar-refractivity contribution in [2.45, 2.75) is 26.2 Å². The van der Waals surface area contributed by atoms with Gasteiger partial charge in [0.05, 0.1) is 10.5 Å². The highest BCUT2D eigenvalue weighted by molar-refractivity contribution is 9.10. The van der Waals surface area contributed by atoms with Crippen LogP contribution in [0.15, 0.2) is 46.9 Å². The van der Waals surface area contributed by atoms with Gasteiger partial charge >= 0.3 is 0 Å². The summed E-state index contributed by atoms with van der Waals surface area (Å²) in [5, 5.41) is 13.7. The number of halogens is 1. The molecule has 1 N–H and O–H groups in total. The second kappa shape index (κ2) is 7.37. The van der Waals surface area contributed by atoms with E-state index in [-0.39, 0.29) is 17.2 Å². The van der Waals surface area contributed by atoms with Crippen LogP contribution in [0.5, 0.6) is 0 Å². The Morgan fingerprint density at radius 1 is 1.30 bits per heavy atom. The number of nitro benzene ring substituents is 1. The lowest BCUT2D eigenvalue weighted by Gasteiger charge is -2.16. The molecule has 2 aromatic carbocycles. The molecule has 120 valence electrons. The van der Waals surface area contributed by atoms with Crippen LogP contribution in [0.4, 0.5) is 11.4 Å². The number of para-hydroxylation sites is 1. The lowest BCUT2D eigenvalue weighted by molar-refractivity contribution is -0.384. The van der Waals surface area contributed by atoms with Gasteiger partial charge in [0.25, 0.3) is 11.6 Å². The molecular weight excluding hydrogens is 360 g/mol. The first-order valence-electron chi connectivity index (χ1n) is 7.28. The molecule has 1 atom stereocenters. The number of anilines is 1. The van der Waals surface area contributed by atoms with Crippen molar-refractivity contribution in [3.05, 3.63) is 68.2 Å². The van der Waals surface area contributed by atoms with Crippen molar-refractivity contribution < 1.29 is 9.72 Å². The Labute approximate surface area is 143 Å². The third-order valence-corrected chi connectivity index (χ3v) is 4.45. The van der Waals surface area contributed by atoms with Gasteiger partial charge in [-0.15, -0.1) is 0 Å². The average molecular weight is 377 g/mol. The maximum atomic E-state index is 12.5. The SMILES string of the molecule is CCC(C)c1ccccc1NC(=O)c1cc([N+](=O)[O-])ccc1Br. The van der Waals surface area contributed by atoms with E-state index in [9.17, 15) is 14.9 Å². The van der Waals surface area contributed by atoms with Crippen LogP contribution in [0.2, 0.25) is 0 Å². The average Bonchev–Trinajstić information content (AvgIpc) is 2.54. The lowest BCUT2D eigenvalue weighted by atomic mass is 9.97. The zero-order chi connectivity index (χ0) is 17.0. The molecule has 0 aliphatic carbocycles. The Hall–Kier alpha value is -2.21. The Bertz CT molecular complexity index is 746. The summed E-state index contributed by atoms with van der Waals surface area (Å²) in [5.41, 5.74) is 1.89. The predicted molar refractivity (Wildman–Crippen MR) is 93.9 cm³/mol. The third kappa shape index (κ3) is 3.96. The van der Waals surface area contributed by atoms with Crippen molar-refractivity contribution >= 4 is 33.2 Å². The number of nitrogens with one attached hydrogen (secondary N) is 1. The van der Waals surface area contributed by atoms with Gasteiger partial charge in [-0.1, -0.05) is 32.0 Å². The lowest BCUT2D eigenvalue weighted by Crippen LogP contribution is -2.14. The quantitative estimate of drug-likeness (QED) is 0.580. The molecule has 0 saturated carbocycles. The number of hydrogen-bond donors (Lipinski definition) is 1. The van der Waals surface area contributed by atoms with Gasteiger partial charge in [-0.2, -0.15) is 0 Å². The highest BCUT2D eigenvalue weighted by Gasteiger charge is 2.17. The van der Waals surface area contributed by atoms with E-state index in [1.165, 1.54) is 18.2 Å². The summed E-state index contributed by atoms with van der Waals surface area (Å²) < 4.78 is 0.515. The number of carbonyl (C=O) groups is 1. The largest absolute Gasteiger partial charge is 0.322 e. The maximum absolute atomic E-state index is 12.5. The molecule has 1 unspecified atom stereocenters. The molecule has 0 spiro atoms. The number of benzene rings is 2. The van der Waals surface area contributed by atoms with E-state index in [1.807, 2.05) is 24.3 Å². The molecule has 0 radical (unpaired) electrons. The Morgan fingerprint density at radius 3 is 2.65 bits per heavy atom. The van der Waals surface area contributed by atoms with Gasteiger partial charge < -0.3 is 5.32 Å². The first-order chi connectivity index (χ1) is 10.9. The predicted octanol–water partition coefficient (Wildman–Crippen LogP) is 5.12. The molecule has 0 heterocycles. The van der Waals surface area contributed by atoms with Crippen LogP contribution in [0.1, 0.15) is 42.1 Å². The van der Waals surface area contributed by atoms with E-state index in [0.29, 0.717) is 10.4 Å². The molecular formula is C17H17BrN2O3. The zero-order valence-electron chi connectivity index (χ0n) is 12.9. The van der Waals surface area contributed by atoms with Crippen molar-refractivity contribution in [1.29, 1.82) is 0 Å². The molecule has 0 bridgehead atoms. The van der Waals surface area contributed by atoms with Crippen LogP contribution in [-0.4, -0.2) is 10.8 Å². The monoisotopic (exact) mass is 376 g/mol. The zero-order valence-corrected chi connectivity index (χ0v) is 14.5. The summed E-state index contributed by atoms with van der Waals surface area (Å²) >= 11 is 3.27. The van der Waals surface area contributed by atoms with E-state index >= 15 is 0 Å². The van der Waals surface area contributed by atoms with Crippen molar-refractivity contribution in [2.24, 2.45) is 0 Å². The minimum absolute atomic E-state index is 0.117. The third-order valence-electron chi connectivity index (χ3n) is 3.76. The molecule has 0 aromatic heterocycles. The second-order valence-corrected chi connectivity index (χ2v) is 6.13. The maximum Gasteiger partial charge on any atom is 0.270 e. The van der Waals surface area contributed by atoms with Gasteiger partial charge in [0.1, 0.15) is 0 Å². The van der Waals surface area contributed by atoms with E-state index in [1.54, 1.807) is 0 Å². The molecule has 0 aliphatic heterocycles. The topological polar surface area (TPSA) is 72.2 Å². The van der Waals surface area contributed by atoms with Crippen molar-refractivity contribution in [3.8, 4) is 0 Å². The summed E-state index contributed by atoms with van der Waals surface area (Å²) in [6.45, 7) is 4.18. The minimum Gasteiger partial charge on any atom is -0.322 e. The van der Waals surface area contributed by atoms with E-state index in [4.69, 9.17) is 0 Å². The van der Waals surface area contributed by atoms with Crippen LogP contribution < -0.4 is 5.32 Å². The highest BCUT2D eigenvalue weighted by atomic mass is 79.9. The van der Waals surface area contributed by atoms with E-state index in [0.717, 1.165) is 17.7 Å². The fraction of sp³-hybridized carbons (Fsp3) is 0.235. The molecule has 2 aromatic rings. The van der Waals surface area contributed by atoms with Gasteiger partial charge in [-0.25, -0.2) is 0 Å². The fourth-order valence-electron chi connectivity index (χ4n) is 2.25. The van der Waals surface area contributed by atoms with Gasteiger partial charge in [0, 0.05) is 22.3 Å². The van der Waals surface area contributed by atoms with Crippen LogP contribution in [0, 0.1) is 10.1 Å². The number of nitro groups is 1. The normalized spacial score (nSPS) is 11.8. The molecule has 5 nitrogen and oxygen atoms in total. The molecule has 1 amide bonds. The summed E-state index contributed by atoms with van der Waals surface area (Å²) in [5.74, 6) is -0.0728. The summed E-state index contributed by atoms with van der Waals surface area (Å²) in [6, 6.07) is 11.7. The van der Waals surface area contributed by atoms with Crippen molar-refractivity contribution in [3.63, 3.8) is 0 Å². The first-order valence-corrected chi connectivity index (χ1v) is 8.07. The Kier molecular flexibility index (Phi) is 5.50. The van der Waals surface area contributed by atoms with Crippen molar-refractivity contribution in [2.75, 3.05) is 5.32 Å². The summed E-state index contributed by atoms with van der Waals surface area (Å²) in [7, 11) is 0. The number of hydrogen-bond acceptors (Lipinski definition) is 3. The van der Waals surface area contributed by atoms with Crippen LogP contribution in [0.3, 0.4) is 0 Å². The smallest absolute Gasteiger partial charge is 0.270 e. The molecule has 6 heteroatoms. The molecule has 0 saturated heterocycles. The van der Waals surface area contributed by atoms with Crippen molar-refractivity contribution in [1.82, 2.24) is 0 Å². The molecule has 0 fully saturated rings. The molecule has 2 rings (SSSR count). The highest BCUT2D eigenvalue weighted by Crippen LogP contribution is 2.28. The van der Waals surface area contributed by atoms with Gasteiger partial charge in [0.2, 0.25) is 0 Å². The fourth-order valence-corrected chi connectivity index (χ4v) is 2.68. The van der Waals surface area contributed by atoms with Crippen LogP contribution in [0.25, 0.3) is 0 Å². The number of nitrogens with zero attached hydrogens (tertiary/aromatic N) is 1. The van der Waals surface area contributed by atoms with Gasteiger partial charge in [0.15, 0.2) is 0 Å². The summed E-state index contributed by atoms with van der Waals surface area (Å²) in [6.07, 6.45) is 0.952. The van der Waals surface area contributed by atoms with Crippen LogP contribution >= 0.6 is 15.9 Å². The standard InChI is InChI=1S/C17H17BrN2O3/c1-3-11(2)13-6-4-5-7-16(13)19-17(21)14-10-12(20(22)23)8-9-15(14)18/h4-11H,3H2,1-2H3,(H,19,21). The molecule has 23 heavy (non-hydrogen) atoms. The Morgan fingerprint density at radius 2 is 2.00 bits per heavy atom. The van der Waals surface area contributed by atoms with Gasteiger partial charge in [-0.05, 0) is 46.0 Å². The Balaban J connectivity index is 2.33. The number of rotatable bonds is 5. The van der Waals surface area contributed by atoms with E-state index in [2.05, 4.69) is 35.1 Å². The number of carbonyl (C=O) groups excluding carboxylic acids is 1. The first kappa shape index (κ1) is 17.1. The second-order valence-electron chi connectivity index (χ2n) is 5.27. The van der Waals surface area contributed by atoms with Gasteiger partial charge in [-0.3, -0.25) is 14.9 Å². The summed E-state index contributed by atoms with van der Waals surface area (Å²) in [4.78, 5) is 22.9. The number of non-ortho nitro benzene ring substituents is 1.